The van der Waals surface area contributed by atoms with Gasteiger partial charge in [0, 0.05) is 24.3 Å². The van der Waals surface area contributed by atoms with E-state index in [0.717, 1.165) is 0 Å². The summed E-state index contributed by atoms with van der Waals surface area (Å²) in [4.78, 5) is 12.3. The van der Waals surface area contributed by atoms with Crippen molar-refractivity contribution in [1.82, 2.24) is 4.31 Å². The molecule has 0 saturated heterocycles. The van der Waals surface area contributed by atoms with Crippen molar-refractivity contribution in [2.75, 3.05) is 18.4 Å². The van der Waals surface area contributed by atoms with E-state index in [1.807, 2.05) is 0 Å². The predicted molar refractivity (Wildman–Crippen MR) is 90.9 cm³/mol. The number of hydrogen-bond acceptors (Lipinski definition) is 3. The van der Waals surface area contributed by atoms with Gasteiger partial charge in [-0.15, -0.1) is 0 Å². The molecule has 2 aromatic carbocycles. The average molecular weight is 350 g/mol. The molecule has 128 valence electrons. The lowest BCUT2D eigenvalue weighted by atomic mass is 10.2. The van der Waals surface area contributed by atoms with Crippen LogP contribution in [0.15, 0.2) is 53.4 Å². The van der Waals surface area contributed by atoms with Gasteiger partial charge in [0.15, 0.2) is 0 Å². The van der Waals surface area contributed by atoms with E-state index in [9.17, 15) is 17.6 Å². The van der Waals surface area contributed by atoms with Crippen molar-refractivity contribution in [3.63, 3.8) is 0 Å². The predicted octanol–water partition coefficient (Wildman–Crippen LogP) is 3.11. The van der Waals surface area contributed by atoms with Crippen molar-refractivity contribution in [1.29, 1.82) is 0 Å². The normalized spacial score (nSPS) is 11.5. The van der Waals surface area contributed by atoms with Crippen LogP contribution in [0.4, 0.5) is 10.1 Å². The Morgan fingerprint density at radius 1 is 1.00 bits per heavy atom. The van der Waals surface area contributed by atoms with Crippen molar-refractivity contribution in [3.05, 3.63) is 59.9 Å². The second-order valence-corrected chi connectivity index (χ2v) is 7.01. The van der Waals surface area contributed by atoms with Gasteiger partial charge in [0.25, 0.3) is 5.91 Å². The van der Waals surface area contributed by atoms with E-state index in [-0.39, 0.29) is 10.7 Å². The first-order chi connectivity index (χ1) is 11.4. The number of carbonyl (C=O) groups is 1. The molecule has 24 heavy (non-hydrogen) atoms. The third kappa shape index (κ3) is 3.98. The van der Waals surface area contributed by atoms with Gasteiger partial charge in [0.1, 0.15) is 5.82 Å². The number of nitrogens with one attached hydrogen (secondary N) is 1. The largest absolute Gasteiger partial charge is 0.322 e. The summed E-state index contributed by atoms with van der Waals surface area (Å²) in [5.41, 5.74) is 0.777. The summed E-state index contributed by atoms with van der Waals surface area (Å²) in [5.74, 6) is -0.785. The molecule has 0 saturated carbocycles. The van der Waals surface area contributed by atoms with Gasteiger partial charge < -0.3 is 5.32 Å². The maximum absolute atomic E-state index is 12.9. The number of carbonyl (C=O) groups excluding carboxylic acids is 1. The second kappa shape index (κ2) is 7.55. The van der Waals surface area contributed by atoms with E-state index >= 15 is 0 Å². The second-order valence-electron chi connectivity index (χ2n) is 5.07. The third-order valence-electron chi connectivity index (χ3n) is 3.56. The summed E-state index contributed by atoms with van der Waals surface area (Å²) in [5, 5.41) is 2.62. The summed E-state index contributed by atoms with van der Waals surface area (Å²) < 4.78 is 39.0. The minimum atomic E-state index is -3.55. The Hall–Kier alpha value is -2.25. The van der Waals surface area contributed by atoms with Crippen LogP contribution in [-0.4, -0.2) is 31.7 Å². The molecule has 0 aliphatic carbocycles. The molecule has 0 aromatic heterocycles. The lowest BCUT2D eigenvalue weighted by molar-refractivity contribution is 0.102. The fourth-order valence-corrected chi connectivity index (χ4v) is 3.69. The number of rotatable bonds is 6. The number of benzene rings is 2. The first-order valence-corrected chi connectivity index (χ1v) is 8.99. The van der Waals surface area contributed by atoms with E-state index in [2.05, 4.69) is 5.32 Å². The maximum Gasteiger partial charge on any atom is 0.255 e. The molecular formula is C17H19FN2O3S. The maximum atomic E-state index is 12.9. The van der Waals surface area contributed by atoms with Crippen LogP contribution >= 0.6 is 0 Å². The summed E-state index contributed by atoms with van der Waals surface area (Å²) in [6.07, 6.45) is 0. The average Bonchev–Trinajstić information content (AvgIpc) is 2.58. The number of hydrogen-bond donors (Lipinski definition) is 1. The van der Waals surface area contributed by atoms with E-state index in [1.54, 1.807) is 13.8 Å². The molecule has 0 heterocycles. The summed E-state index contributed by atoms with van der Waals surface area (Å²) in [6.45, 7) is 4.30. The highest BCUT2D eigenvalue weighted by atomic mass is 32.2. The van der Waals surface area contributed by atoms with Gasteiger partial charge in [0.05, 0.1) is 4.90 Å². The topological polar surface area (TPSA) is 66.5 Å². The third-order valence-corrected chi connectivity index (χ3v) is 5.63. The van der Waals surface area contributed by atoms with Crippen molar-refractivity contribution in [2.45, 2.75) is 18.7 Å². The first kappa shape index (κ1) is 18.1. The Bertz CT molecular complexity index is 799. The highest BCUT2D eigenvalue weighted by Crippen LogP contribution is 2.17. The summed E-state index contributed by atoms with van der Waals surface area (Å²) in [6, 6.07) is 11.1. The molecule has 0 unspecified atom stereocenters. The van der Waals surface area contributed by atoms with Crippen molar-refractivity contribution < 1.29 is 17.6 Å². The fourth-order valence-electron chi connectivity index (χ4n) is 2.23. The number of amides is 1. The molecule has 0 aliphatic rings. The van der Waals surface area contributed by atoms with Gasteiger partial charge in [-0.2, -0.15) is 4.31 Å². The van der Waals surface area contributed by atoms with Gasteiger partial charge in [-0.05, 0) is 48.5 Å². The smallest absolute Gasteiger partial charge is 0.255 e. The standard InChI is InChI=1S/C17H19FN2O3S/c1-3-20(4-2)24(22,23)16-11-5-13(6-12-16)17(21)19-15-9-7-14(18)8-10-15/h5-12H,3-4H2,1-2H3,(H,19,21). The number of sulfonamides is 1. The number of nitrogens with zero attached hydrogens (tertiary/aromatic N) is 1. The summed E-state index contributed by atoms with van der Waals surface area (Å²) >= 11 is 0. The van der Waals surface area contributed by atoms with Crippen LogP contribution in [0, 0.1) is 5.82 Å². The molecule has 0 aliphatic heterocycles. The molecule has 2 rings (SSSR count). The SMILES string of the molecule is CCN(CC)S(=O)(=O)c1ccc(C(=O)Nc2ccc(F)cc2)cc1. The molecule has 0 atom stereocenters. The lowest BCUT2D eigenvalue weighted by Gasteiger charge is -2.18. The van der Waals surface area contributed by atoms with Crippen molar-refractivity contribution in [3.8, 4) is 0 Å². The molecule has 0 spiro atoms. The monoisotopic (exact) mass is 350 g/mol. The Morgan fingerprint density at radius 3 is 2.04 bits per heavy atom. The van der Waals surface area contributed by atoms with Gasteiger partial charge in [-0.1, -0.05) is 13.8 Å². The molecule has 1 amide bonds. The van der Waals surface area contributed by atoms with Crippen molar-refractivity contribution >= 4 is 21.6 Å². The first-order valence-electron chi connectivity index (χ1n) is 7.55. The van der Waals surface area contributed by atoms with Crippen LogP contribution in [-0.2, 0) is 10.0 Å². The number of anilines is 1. The van der Waals surface area contributed by atoms with Crippen LogP contribution in [0.25, 0.3) is 0 Å². The molecule has 7 heteroatoms. The summed E-state index contributed by atoms with van der Waals surface area (Å²) in [7, 11) is -3.55. The number of halogens is 1. The molecule has 1 N–H and O–H groups in total. The van der Waals surface area contributed by atoms with Crippen LogP contribution in [0.1, 0.15) is 24.2 Å². The molecule has 2 aromatic rings. The molecule has 0 fully saturated rings. The van der Waals surface area contributed by atoms with Crippen LogP contribution < -0.4 is 5.32 Å². The minimum absolute atomic E-state index is 0.143. The Kier molecular flexibility index (Phi) is 5.69. The van der Waals surface area contributed by atoms with E-state index in [0.29, 0.717) is 24.3 Å². The van der Waals surface area contributed by atoms with Gasteiger partial charge >= 0.3 is 0 Å². The molecule has 0 bridgehead atoms. The zero-order valence-electron chi connectivity index (χ0n) is 13.5. The zero-order valence-corrected chi connectivity index (χ0v) is 14.3. The fraction of sp³-hybridized carbons (Fsp3) is 0.235. The van der Waals surface area contributed by atoms with Crippen molar-refractivity contribution in [2.24, 2.45) is 0 Å². The Labute approximate surface area is 141 Å². The Morgan fingerprint density at radius 2 is 1.54 bits per heavy atom. The van der Waals surface area contributed by atoms with Crippen LogP contribution in [0.3, 0.4) is 0 Å². The highest BCUT2D eigenvalue weighted by molar-refractivity contribution is 7.89. The molecule has 0 radical (unpaired) electrons. The van der Waals surface area contributed by atoms with Gasteiger partial charge in [-0.3, -0.25) is 4.79 Å². The van der Waals surface area contributed by atoms with E-state index in [1.165, 1.54) is 52.8 Å². The Balaban J connectivity index is 2.16. The van der Waals surface area contributed by atoms with Gasteiger partial charge in [-0.25, -0.2) is 12.8 Å². The van der Waals surface area contributed by atoms with Gasteiger partial charge in [0.2, 0.25) is 10.0 Å². The van der Waals surface area contributed by atoms with E-state index < -0.39 is 15.9 Å². The van der Waals surface area contributed by atoms with Crippen LogP contribution in [0.2, 0.25) is 0 Å². The molecule has 5 nitrogen and oxygen atoms in total. The highest BCUT2D eigenvalue weighted by Gasteiger charge is 2.21. The minimum Gasteiger partial charge on any atom is -0.322 e. The lowest BCUT2D eigenvalue weighted by Crippen LogP contribution is -2.30. The van der Waals surface area contributed by atoms with Crippen LogP contribution in [0.5, 0.6) is 0 Å². The zero-order chi connectivity index (χ0) is 17.7. The van der Waals surface area contributed by atoms with E-state index in [4.69, 9.17) is 0 Å². The molecular weight excluding hydrogens is 331 g/mol. The quantitative estimate of drug-likeness (QED) is 0.870.